The van der Waals surface area contributed by atoms with Crippen LogP contribution in [0.1, 0.15) is 32.0 Å². The van der Waals surface area contributed by atoms with Gasteiger partial charge in [-0.1, -0.05) is 54.1 Å². The Morgan fingerprint density at radius 1 is 1.00 bits per heavy atom. The Bertz CT molecular complexity index is 959. The summed E-state index contributed by atoms with van der Waals surface area (Å²) in [6, 6.07) is 20.1. The van der Waals surface area contributed by atoms with Gasteiger partial charge in [0, 0.05) is 36.9 Å². The van der Waals surface area contributed by atoms with Crippen molar-refractivity contribution in [3.05, 3.63) is 100 Å². The molecule has 2 aromatic carbocycles. The number of aromatic nitrogens is 1. The van der Waals surface area contributed by atoms with Crippen molar-refractivity contribution in [1.82, 2.24) is 15.2 Å². The molecule has 5 nitrogen and oxygen atoms in total. The molecule has 6 heteroatoms. The first-order valence-corrected chi connectivity index (χ1v) is 9.19. The standard InChI is InChI=1S/C22H20ClN3O2/c1-26(15-17-5-3-2-4-6-17)22(28)18-11-12-24-20(13-18)21(27)25-14-16-7-9-19(23)10-8-16/h2-13H,14-15H2,1H3,(H,25,27). The number of hydrogen-bond donors (Lipinski definition) is 1. The quantitative estimate of drug-likeness (QED) is 0.690. The van der Waals surface area contributed by atoms with E-state index in [1.807, 2.05) is 42.5 Å². The molecule has 0 atom stereocenters. The van der Waals surface area contributed by atoms with Crippen LogP contribution >= 0.6 is 11.6 Å². The minimum atomic E-state index is -0.338. The van der Waals surface area contributed by atoms with Crippen LogP contribution in [0, 0.1) is 0 Å². The summed E-state index contributed by atoms with van der Waals surface area (Å²) in [5.74, 6) is -0.506. The van der Waals surface area contributed by atoms with Crippen LogP contribution in [0.15, 0.2) is 72.9 Å². The lowest BCUT2D eigenvalue weighted by molar-refractivity contribution is 0.0785. The van der Waals surface area contributed by atoms with Crippen molar-refractivity contribution >= 4 is 23.4 Å². The Labute approximate surface area is 169 Å². The van der Waals surface area contributed by atoms with Crippen molar-refractivity contribution in [2.45, 2.75) is 13.1 Å². The molecule has 142 valence electrons. The molecule has 0 spiro atoms. The average molecular weight is 394 g/mol. The molecule has 2 amide bonds. The van der Waals surface area contributed by atoms with Crippen LogP contribution < -0.4 is 5.32 Å². The number of rotatable bonds is 6. The Morgan fingerprint density at radius 2 is 1.71 bits per heavy atom. The van der Waals surface area contributed by atoms with Crippen LogP contribution in [-0.2, 0) is 13.1 Å². The number of hydrogen-bond acceptors (Lipinski definition) is 3. The molecule has 0 unspecified atom stereocenters. The topological polar surface area (TPSA) is 62.3 Å². The van der Waals surface area contributed by atoms with Gasteiger partial charge in [-0.3, -0.25) is 14.6 Å². The summed E-state index contributed by atoms with van der Waals surface area (Å²) in [5.41, 5.74) is 2.58. The van der Waals surface area contributed by atoms with Crippen molar-refractivity contribution in [1.29, 1.82) is 0 Å². The fourth-order valence-electron chi connectivity index (χ4n) is 2.71. The molecule has 0 aliphatic heterocycles. The summed E-state index contributed by atoms with van der Waals surface area (Å²) in [4.78, 5) is 30.8. The largest absolute Gasteiger partial charge is 0.347 e. The molecule has 0 saturated heterocycles. The summed E-state index contributed by atoms with van der Waals surface area (Å²) in [7, 11) is 1.73. The molecule has 0 aliphatic rings. The van der Waals surface area contributed by atoms with Crippen LogP contribution in [0.3, 0.4) is 0 Å². The SMILES string of the molecule is CN(Cc1ccccc1)C(=O)c1ccnc(C(=O)NCc2ccc(Cl)cc2)c1. The summed E-state index contributed by atoms with van der Waals surface area (Å²) in [6.07, 6.45) is 1.47. The molecule has 0 fully saturated rings. The minimum Gasteiger partial charge on any atom is -0.347 e. The second-order valence-electron chi connectivity index (χ2n) is 6.39. The van der Waals surface area contributed by atoms with Crippen LogP contribution in [-0.4, -0.2) is 28.7 Å². The van der Waals surface area contributed by atoms with Crippen molar-refractivity contribution in [2.75, 3.05) is 7.05 Å². The monoisotopic (exact) mass is 393 g/mol. The molecule has 1 N–H and O–H groups in total. The summed E-state index contributed by atoms with van der Waals surface area (Å²) < 4.78 is 0. The highest BCUT2D eigenvalue weighted by atomic mass is 35.5. The van der Waals surface area contributed by atoms with Crippen LogP contribution in [0.5, 0.6) is 0 Å². The number of carbonyl (C=O) groups is 2. The first kappa shape index (κ1) is 19.6. The number of halogens is 1. The van der Waals surface area contributed by atoms with Gasteiger partial charge in [-0.15, -0.1) is 0 Å². The summed E-state index contributed by atoms with van der Waals surface area (Å²) in [6.45, 7) is 0.837. The molecule has 0 radical (unpaired) electrons. The van der Waals surface area contributed by atoms with Gasteiger partial charge in [0.2, 0.25) is 0 Å². The molecule has 0 saturated carbocycles. The molecular weight excluding hydrogens is 374 g/mol. The van der Waals surface area contributed by atoms with Crippen molar-refractivity contribution in [3.63, 3.8) is 0 Å². The molecule has 28 heavy (non-hydrogen) atoms. The van der Waals surface area contributed by atoms with E-state index in [1.54, 1.807) is 30.1 Å². The fourth-order valence-corrected chi connectivity index (χ4v) is 2.84. The second-order valence-corrected chi connectivity index (χ2v) is 6.82. The maximum absolute atomic E-state index is 12.7. The Morgan fingerprint density at radius 3 is 2.43 bits per heavy atom. The lowest BCUT2D eigenvalue weighted by atomic mass is 10.1. The van der Waals surface area contributed by atoms with E-state index < -0.39 is 0 Å². The van der Waals surface area contributed by atoms with E-state index in [1.165, 1.54) is 12.3 Å². The van der Waals surface area contributed by atoms with Crippen molar-refractivity contribution in [3.8, 4) is 0 Å². The number of benzene rings is 2. The van der Waals surface area contributed by atoms with Crippen molar-refractivity contribution in [2.24, 2.45) is 0 Å². The van der Waals surface area contributed by atoms with E-state index >= 15 is 0 Å². The molecule has 3 aromatic rings. The van der Waals surface area contributed by atoms with E-state index in [0.29, 0.717) is 23.7 Å². The number of nitrogens with zero attached hydrogens (tertiary/aromatic N) is 2. The zero-order chi connectivity index (χ0) is 19.9. The number of pyridine rings is 1. The Hall–Kier alpha value is -3.18. The zero-order valence-corrected chi connectivity index (χ0v) is 16.2. The highest BCUT2D eigenvalue weighted by Crippen LogP contribution is 2.11. The van der Waals surface area contributed by atoms with Gasteiger partial charge in [0.15, 0.2) is 0 Å². The third-order valence-corrected chi connectivity index (χ3v) is 4.47. The molecule has 0 aliphatic carbocycles. The highest BCUT2D eigenvalue weighted by Gasteiger charge is 2.15. The van der Waals surface area contributed by atoms with Gasteiger partial charge in [0.25, 0.3) is 11.8 Å². The molecule has 3 rings (SSSR count). The van der Waals surface area contributed by atoms with E-state index in [0.717, 1.165) is 11.1 Å². The molecule has 1 heterocycles. The van der Waals surface area contributed by atoms with E-state index in [-0.39, 0.29) is 17.5 Å². The minimum absolute atomic E-state index is 0.169. The second kappa shape index (κ2) is 9.15. The van der Waals surface area contributed by atoms with Gasteiger partial charge in [0.05, 0.1) is 0 Å². The third kappa shape index (κ3) is 5.18. The predicted molar refractivity (Wildman–Crippen MR) is 109 cm³/mol. The highest BCUT2D eigenvalue weighted by molar-refractivity contribution is 6.30. The molecule has 1 aromatic heterocycles. The smallest absolute Gasteiger partial charge is 0.270 e. The summed E-state index contributed by atoms with van der Waals surface area (Å²) in [5, 5.41) is 3.44. The van der Waals surface area contributed by atoms with Crippen LogP contribution in [0.2, 0.25) is 5.02 Å². The van der Waals surface area contributed by atoms with Gasteiger partial charge in [-0.05, 0) is 35.4 Å². The molecular formula is C22H20ClN3O2. The maximum Gasteiger partial charge on any atom is 0.270 e. The summed E-state index contributed by atoms with van der Waals surface area (Å²) >= 11 is 5.86. The number of nitrogens with one attached hydrogen (secondary N) is 1. The van der Waals surface area contributed by atoms with Gasteiger partial charge in [0.1, 0.15) is 5.69 Å². The Balaban J connectivity index is 1.64. The number of amides is 2. The number of carbonyl (C=O) groups excluding carboxylic acids is 2. The van der Waals surface area contributed by atoms with Crippen LogP contribution in [0.4, 0.5) is 0 Å². The van der Waals surface area contributed by atoms with E-state index in [2.05, 4.69) is 10.3 Å². The lowest BCUT2D eigenvalue weighted by Gasteiger charge is -2.17. The first-order chi connectivity index (χ1) is 13.5. The fraction of sp³-hybridized carbons (Fsp3) is 0.136. The average Bonchev–Trinajstić information content (AvgIpc) is 2.73. The predicted octanol–water partition coefficient (Wildman–Crippen LogP) is 3.94. The Kier molecular flexibility index (Phi) is 6.40. The van der Waals surface area contributed by atoms with Gasteiger partial charge in [-0.2, -0.15) is 0 Å². The van der Waals surface area contributed by atoms with Gasteiger partial charge < -0.3 is 10.2 Å². The molecule has 0 bridgehead atoms. The van der Waals surface area contributed by atoms with Gasteiger partial charge in [-0.25, -0.2) is 0 Å². The van der Waals surface area contributed by atoms with Gasteiger partial charge >= 0.3 is 0 Å². The normalized spacial score (nSPS) is 10.4. The zero-order valence-electron chi connectivity index (χ0n) is 15.4. The van der Waals surface area contributed by atoms with Crippen LogP contribution in [0.25, 0.3) is 0 Å². The van der Waals surface area contributed by atoms with E-state index in [4.69, 9.17) is 11.6 Å². The first-order valence-electron chi connectivity index (χ1n) is 8.81. The maximum atomic E-state index is 12.7. The van der Waals surface area contributed by atoms with Crippen molar-refractivity contribution < 1.29 is 9.59 Å². The van der Waals surface area contributed by atoms with E-state index in [9.17, 15) is 9.59 Å². The lowest BCUT2D eigenvalue weighted by Crippen LogP contribution is -2.27. The third-order valence-electron chi connectivity index (χ3n) is 4.22.